The Hall–Kier alpha value is -1.35. The molecule has 1 N–H and O–H groups in total. The lowest BCUT2D eigenvalue weighted by atomic mass is 10.1. The van der Waals surface area contributed by atoms with Crippen molar-refractivity contribution in [2.75, 3.05) is 0 Å². The average molecular weight is 320 g/mol. The third-order valence-corrected chi connectivity index (χ3v) is 3.93. The van der Waals surface area contributed by atoms with Crippen LogP contribution in [0.2, 0.25) is 0 Å². The summed E-state index contributed by atoms with van der Waals surface area (Å²) in [5.41, 5.74) is 0. The van der Waals surface area contributed by atoms with E-state index in [-0.39, 0.29) is 6.42 Å². The maximum Gasteiger partial charge on any atom is 0.303 e. The van der Waals surface area contributed by atoms with Crippen molar-refractivity contribution in [2.24, 2.45) is 0 Å². The number of aliphatic carboxylic acids is 1. The largest absolute Gasteiger partial charge is 0.481 e. The zero-order chi connectivity index (χ0) is 16.8. The lowest BCUT2D eigenvalue weighted by Gasteiger charge is -1.91. The smallest absolute Gasteiger partial charge is 0.303 e. The van der Waals surface area contributed by atoms with E-state index < -0.39 is 5.97 Å². The van der Waals surface area contributed by atoms with Crippen molar-refractivity contribution in [2.45, 2.75) is 83.3 Å². The molecule has 0 aromatic heterocycles. The molecule has 1 rings (SSSR count). The van der Waals surface area contributed by atoms with E-state index in [0.29, 0.717) is 12.2 Å². The number of ether oxygens (including phenoxy) is 1. The van der Waals surface area contributed by atoms with Crippen LogP contribution in [0.4, 0.5) is 0 Å². The molecule has 1 fully saturated rings. The fourth-order valence-corrected chi connectivity index (χ4v) is 2.44. The van der Waals surface area contributed by atoms with Crippen LogP contribution in [0.1, 0.15) is 71.1 Å². The summed E-state index contributed by atoms with van der Waals surface area (Å²) in [5.74, 6) is -0.715. The summed E-state index contributed by atoms with van der Waals surface area (Å²) in [6, 6.07) is 0. The number of carboxylic acids is 1. The van der Waals surface area contributed by atoms with E-state index in [2.05, 4.69) is 43.4 Å². The molecule has 0 aromatic rings. The summed E-state index contributed by atoms with van der Waals surface area (Å²) in [7, 11) is 0. The second kappa shape index (κ2) is 13.1. The summed E-state index contributed by atoms with van der Waals surface area (Å²) in [4.78, 5) is 10.3. The first-order chi connectivity index (χ1) is 11.2. The van der Waals surface area contributed by atoms with Gasteiger partial charge in [0.05, 0.1) is 12.2 Å². The van der Waals surface area contributed by atoms with Gasteiger partial charge < -0.3 is 9.84 Å². The predicted molar refractivity (Wildman–Crippen MR) is 95.6 cm³/mol. The highest BCUT2D eigenvalue weighted by molar-refractivity contribution is 5.66. The molecule has 0 spiro atoms. The van der Waals surface area contributed by atoms with Crippen molar-refractivity contribution in [1.82, 2.24) is 0 Å². The van der Waals surface area contributed by atoms with Crippen LogP contribution in [0, 0.1) is 0 Å². The zero-order valence-corrected chi connectivity index (χ0v) is 14.5. The molecule has 2 atom stereocenters. The number of epoxide rings is 1. The van der Waals surface area contributed by atoms with Crippen molar-refractivity contribution in [1.29, 1.82) is 0 Å². The quantitative estimate of drug-likeness (QED) is 0.264. The lowest BCUT2D eigenvalue weighted by Crippen LogP contribution is -1.92. The zero-order valence-electron chi connectivity index (χ0n) is 14.5. The van der Waals surface area contributed by atoms with Crippen LogP contribution in [0.5, 0.6) is 0 Å². The Morgan fingerprint density at radius 1 is 0.913 bits per heavy atom. The molecule has 0 bridgehead atoms. The van der Waals surface area contributed by atoms with Crippen LogP contribution in [0.25, 0.3) is 0 Å². The Kier molecular flexibility index (Phi) is 11.2. The number of carbonyl (C=O) groups is 1. The van der Waals surface area contributed by atoms with Crippen molar-refractivity contribution in [3.05, 3.63) is 36.5 Å². The first kappa shape index (κ1) is 19.7. The predicted octanol–water partition coefficient (Wildman–Crippen LogP) is 5.43. The van der Waals surface area contributed by atoms with Gasteiger partial charge in [0.25, 0.3) is 0 Å². The highest BCUT2D eigenvalue weighted by Gasteiger charge is 2.35. The summed E-state index contributed by atoms with van der Waals surface area (Å²) in [5, 5.41) is 8.52. The van der Waals surface area contributed by atoms with E-state index in [4.69, 9.17) is 9.84 Å². The molecule has 0 unspecified atom stereocenters. The molecule has 0 amide bonds. The Balaban J connectivity index is 1.92. The van der Waals surface area contributed by atoms with Gasteiger partial charge in [-0.2, -0.15) is 0 Å². The number of unbranched alkanes of at least 4 members (excludes halogenated alkanes) is 4. The average Bonchev–Trinajstić information content (AvgIpc) is 3.27. The monoisotopic (exact) mass is 320 g/mol. The van der Waals surface area contributed by atoms with Crippen molar-refractivity contribution < 1.29 is 14.6 Å². The topological polar surface area (TPSA) is 49.8 Å². The maximum absolute atomic E-state index is 10.3. The molecule has 1 aliphatic rings. The second-order valence-electron chi connectivity index (χ2n) is 6.12. The normalized spacial score (nSPS) is 20.9. The van der Waals surface area contributed by atoms with Gasteiger partial charge in [0.2, 0.25) is 0 Å². The van der Waals surface area contributed by atoms with Crippen LogP contribution in [0.15, 0.2) is 36.5 Å². The summed E-state index contributed by atoms with van der Waals surface area (Å²) >= 11 is 0. The highest BCUT2D eigenvalue weighted by Crippen LogP contribution is 2.29. The molecule has 3 heteroatoms. The van der Waals surface area contributed by atoms with E-state index in [1.54, 1.807) is 0 Å². The molecule has 1 aliphatic heterocycles. The molecule has 1 heterocycles. The van der Waals surface area contributed by atoms with Crippen LogP contribution in [-0.4, -0.2) is 23.3 Å². The Morgan fingerprint density at radius 2 is 1.52 bits per heavy atom. The van der Waals surface area contributed by atoms with Gasteiger partial charge in [-0.15, -0.1) is 0 Å². The van der Waals surface area contributed by atoms with Crippen LogP contribution in [0.3, 0.4) is 0 Å². The van der Waals surface area contributed by atoms with Crippen LogP contribution >= 0.6 is 0 Å². The Morgan fingerprint density at radius 3 is 2.22 bits per heavy atom. The van der Waals surface area contributed by atoms with Crippen LogP contribution in [-0.2, 0) is 9.53 Å². The van der Waals surface area contributed by atoms with Crippen molar-refractivity contribution in [3.63, 3.8) is 0 Å². The van der Waals surface area contributed by atoms with Gasteiger partial charge in [-0.05, 0) is 44.9 Å². The summed E-state index contributed by atoms with van der Waals surface area (Å²) < 4.78 is 5.65. The van der Waals surface area contributed by atoms with Gasteiger partial charge in [0.1, 0.15) is 0 Å². The second-order valence-corrected chi connectivity index (χ2v) is 6.12. The first-order valence-corrected chi connectivity index (χ1v) is 9.06. The number of hydrogen-bond acceptors (Lipinski definition) is 2. The Labute approximate surface area is 141 Å². The molecule has 0 aromatic carbocycles. The molecule has 0 radical (unpaired) electrons. The van der Waals surface area contributed by atoms with Gasteiger partial charge in [-0.3, -0.25) is 4.79 Å². The van der Waals surface area contributed by atoms with Crippen molar-refractivity contribution >= 4 is 5.97 Å². The van der Waals surface area contributed by atoms with Gasteiger partial charge in [0, 0.05) is 6.42 Å². The summed E-state index contributed by atoms with van der Waals surface area (Å²) in [6.45, 7) is 2.23. The molecule has 0 aliphatic carbocycles. The molecule has 1 saturated heterocycles. The molecule has 130 valence electrons. The van der Waals surface area contributed by atoms with Gasteiger partial charge in [0.15, 0.2) is 0 Å². The fourth-order valence-electron chi connectivity index (χ4n) is 2.44. The number of carboxylic acid groups (broad SMARTS) is 1. The third kappa shape index (κ3) is 11.8. The van der Waals surface area contributed by atoms with Crippen LogP contribution < -0.4 is 0 Å². The number of allylic oxidation sites excluding steroid dienone is 4. The minimum Gasteiger partial charge on any atom is -0.481 e. The lowest BCUT2D eigenvalue weighted by molar-refractivity contribution is -0.137. The van der Waals surface area contributed by atoms with E-state index in [0.717, 1.165) is 32.1 Å². The number of rotatable bonds is 14. The molecule has 23 heavy (non-hydrogen) atoms. The molecule has 0 saturated carbocycles. The standard InChI is InChI=1S/C20H32O3/c1-2-3-4-5-9-12-15-18-19(23-18)16-13-10-7-6-8-11-14-17-20(21)22/h6,8-10,12-13,18-19H,2-5,7,11,14-17H2,1H3,(H,21,22)/b8-6-,12-9-,13-10-/t18-,19+/m1/s1. The van der Waals surface area contributed by atoms with Crippen molar-refractivity contribution in [3.8, 4) is 0 Å². The summed E-state index contributed by atoms with van der Waals surface area (Å²) in [6.07, 6.45) is 23.8. The Bertz CT molecular complexity index is 396. The van der Waals surface area contributed by atoms with E-state index in [1.807, 2.05) is 0 Å². The number of hydrogen-bond donors (Lipinski definition) is 1. The molecule has 3 nitrogen and oxygen atoms in total. The minimum atomic E-state index is -0.715. The first-order valence-electron chi connectivity index (χ1n) is 9.06. The molecular formula is C20H32O3. The van der Waals surface area contributed by atoms with E-state index in [1.165, 1.54) is 25.7 Å². The fraction of sp³-hybridized carbons (Fsp3) is 0.650. The van der Waals surface area contributed by atoms with Gasteiger partial charge in [-0.1, -0.05) is 56.2 Å². The minimum absolute atomic E-state index is 0.258. The van der Waals surface area contributed by atoms with E-state index in [9.17, 15) is 4.79 Å². The van der Waals surface area contributed by atoms with E-state index >= 15 is 0 Å². The third-order valence-electron chi connectivity index (χ3n) is 3.93. The highest BCUT2D eigenvalue weighted by atomic mass is 16.6. The maximum atomic E-state index is 10.3. The SMILES string of the molecule is CCCCC/C=C\C[C@H]1O[C@H]1C/C=C\C/C=C\CCCC(=O)O. The van der Waals surface area contributed by atoms with Gasteiger partial charge >= 0.3 is 5.97 Å². The molecular weight excluding hydrogens is 288 g/mol. The van der Waals surface area contributed by atoms with Gasteiger partial charge in [-0.25, -0.2) is 0 Å².